The van der Waals surface area contributed by atoms with Crippen LogP contribution in [0.5, 0.6) is 0 Å². The zero-order valence-corrected chi connectivity index (χ0v) is 22.4. The average Bonchev–Trinajstić information content (AvgIpc) is 3.60. The number of H-pyrrole nitrogens is 1. The molecule has 1 aliphatic heterocycles. The van der Waals surface area contributed by atoms with E-state index in [0.29, 0.717) is 12.5 Å². The van der Waals surface area contributed by atoms with Gasteiger partial charge in [0.1, 0.15) is 23.6 Å². The lowest BCUT2D eigenvalue weighted by Gasteiger charge is -2.35. The molecule has 1 aromatic carbocycles. The minimum atomic E-state index is -0.839. The Morgan fingerprint density at radius 1 is 1.00 bits per heavy atom. The maximum Gasteiger partial charge on any atom is 0.225 e. The van der Waals surface area contributed by atoms with Crippen molar-refractivity contribution in [1.82, 2.24) is 34.7 Å². The quantitative estimate of drug-likeness (QED) is 0.283. The number of halogens is 1. The molecule has 206 valence electrons. The van der Waals surface area contributed by atoms with Gasteiger partial charge in [0.2, 0.25) is 5.95 Å². The molecule has 2 atom stereocenters. The third kappa shape index (κ3) is 4.98. The molecule has 6 rings (SSSR count). The SMILES string of the molecule is C[C@H](O)Cn1cc(-c2cc3c(N4CCN(c5ncc([C@@](C)(N)c6ccc(F)cc6)cn5)CC4)ncnc3[nH]2)cn1. The smallest absolute Gasteiger partial charge is 0.225 e. The van der Waals surface area contributed by atoms with Gasteiger partial charge in [-0.3, -0.25) is 4.68 Å². The van der Waals surface area contributed by atoms with Crippen molar-refractivity contribution in [2.75, 3.05) is 36.0 Å². The topological polar surface area (TPSA) is 138 Å². The Bertz CT molecular complexity index is 1600. The monoisotopic (exact) mass is 542 g/mol. The molecule has 12 heteroatoms. The predicted octanol–water partition coefficient (Wildman–Crippen LogP) is 2.68. The summed E-state index contributed by atoms with van der Waals surface area (Å²) >= 11 is 0. The van der Waals surface area contributed by atoms with Gasteiger partial charge in [0.15, 0.2) is 0 Å². The highest BCUT2D eigenvalue weighted by atomic mass is 19.1. The van der Waals surface area contributed by atoms with E-state index >= 15 is 0 Å². The van der Waals surface area contributed by atoms with Gasteiger partial charge in [-0.05, 0) is 37.6 Å². The standard InChI is InChI=1S/C28H31FN10O/c1-18(40)15-39-16-19(12-35-39)24-11-23-25(36-24)33-17-34-26(23)37-7-9-38(10-8-37)27-31-13-21(14-32-27)28(2,30)20-3-5-22(29)6-4-20/h3-6,11-14,16-18,40H,7-10,15,30H2,1-2H3,(H,33,34,36)/t18-,28-/m0/s1. The summed E-state index contributed by atoms with van der Waals surface area (Å²) in [6, 6.07) is 8.23. The van der Waals surface area contributed by atoms with Crippen LogP contribution in [0.4, 0.5) is 16.2 Å². The van der Waals surface area contributed by atoms with Gasteiger partial charge in [0.25, 0.3) is 0 Å². The lowest BCUT2D eigenvalue weighted by atomic mass is 9.87. The first-order valence-corrected chi connectivity index (χ1v) is 13.2. The second-order valence-electron chi connectivity index (χ2n) is 10.4. The molecule has 5 aromatic rings. The minimum absolute atomic E-state index is 0.300. The highest BCUT2D eigenvalue weighted by molar-refractivity contribution is 5.91. The fourth-order valence-electron chi connectivity index (χ4n) is 5.04. The number of aromatic amines is 1. The number of aromatic nitrogens is 7. The first kappa shape index (κ1) is 25.8. The van der Waals surface area contributed by atoms with E-state index < -0.39 is 11.6 Å². The van der Waals surface area contributed by atoms with Gasteiger partial charge in [-0.15, -0.1) is 0 Å². The summed E-state index contributed by atoms with van der Waals surface area (Å²) < 4.78 is 15.1. The summed E-state index contributed by atoms with van der Waals surface area (Å²) in [7, 11) is 0. The van der Waals surface area contributed by atoms with Crippen molar-refractivity contribution in [3.8, 4) is 11.3 Å². The molecule has 4 N–H and O–H groups in total. The predicted molar refractivity (Wildman–Crippen MR) is 150 cm³/mol. The summed E-state index contributed by atoms with van der Waals surface area (Å²) in [6.07, 6.45) is 8.28. The number of rotatable bonds is 7. The number of aliphatic hydroxyl groups excluding tert-OH is 1. The molecule has 0 aliphatic carbocycles. The van der Waals surface area contributed by atoms with Crippen LogP contribution < -0.4 is 15.5 Å². The molecule has 1 saturated heterocycles. The van der Waals surface area contributed by atoms with Gasteiger partial charge in [-0.1, -0.05) is 12.1 Å². The van der Waals surface area contributed by atoms with Gasteiger partial charge in [-0.2, -0.15) is 5.10 Å². The fraction of sp³-hybridized carbons (Fsp3) is 0.321. The Balaban J connectivity index is 1.15. The molecule has 4 aromatic heterocycles. The van der Waals surface area contributed by atoms with Crippen LogP contribution in [0.3, 0.4) is 0 Å². The van der Waals surface area contributed by atoms with E-state index in [0.717, 1.165) is 65.4 Å². The zero-order chi connectivity index (χ0) is 27.9. The molecule has 1 aliphatic rings. The molecule has 40 heavy (non-hydrogen) atoms. The van der Waals surface area contributed by atoms with E-state index in [1.807, 2.05) is 19.2 Å². The van der Waals surface area contributed by atoms with Crippen LogP contribution in [-0.2, 0) is 12.1 Å². The van der Waals surface area contributed by atoms with Crippen LogP contribution in [0.25, 0.3) is 22.3 Å². The van der Waals surface area contributed by atoms with E-state index in [2.05, 4.69) is 39.8 Å². The molecule has 0 bridgehead atoms. The molecule has 11 nitrogen and oxygen atoms in total. The highest BCUT2D eigenvalue weighted by Gasteiger charge is 2.26. The number of piperazine rings is 1. The van der Waals surface area contributed by atoms with Crippen molar-refractivity contribution in [3.63, 3.8) is 0 Å². The molecule has 0 radical (unpaired) electrons. The molecule has 0 unspecified atom stereocenters. The third-order valence-electron chi connectivity index (χ3n) is 7.34. The molecule has 5 heterocycles. The number of nitrogens with zero attached hydrogens (tertiary/aromatic N) is 8. The van der Waals surface area contributed by atoms with Crippen molar-refractivity contribution in [2.45, 2.75) is 32.0 Å². The Morgan fingerprint density at radius 3 is 2.40 bits per heavy atom. The van der Waals surface area contributed by atoms with Gasteiger partial charge in [0.05, 0.1) is 35.5 Å². The summed E-state index contributed by atoms with van der Waals surface area (Å²) in [6.45, 7) is 6.98. The number of hydrogen-bond donors (Lipinski definition) is 3. The molecule has 0 saturated carbocycles. The van der Waals surface area contributed by atoms with Crippen molar-refractivity contribution in [1.29, 1.82) is 0 Å². The molecule has 1 fully saturated rings. The van der Waals surface area contributed by atoms with Crippen LogP contribution in [0.15, 0.2) is 61.4 Å². The average molecular weight is 543 g/mol. The fourth-order valence-corrected chi connectivity index (χ4v) is 5.04. The number of hydrogen-bond acceptors (Lipinski definition) is 9. The van der Waals surface area contributed by atoms with E-state index in [4.69, 9.17) is 5.73 Å². The Morgan fingerprint density at radius 2 is 1.70 bits per heavy atom. The normalized spacial score (nSPS) is 16.3. The lowest BCUT2D eigenvalue weighted by molar-refractivity contribution is 0.168. The van der Waals surface area contributed by atoms with Crippen LogP contribution in [0, 0.1) is 5.82 Å². The summed E-state index contributed by atoms with van der Waals surface area (Å²) in [4.78, 5) is 26.0. The van der Waals surface area contributed by atoms with E-state index in [1.165, 1.54) is 12.1 Å². The second-order valence-corrected chi connectivity index (χ2v) is 10.4. The number of nitrogens with one attached hydrogen (secondary N) is 1. The second kappa shape index (κ2) is 10.3. The van der Waals surface area contributed by atoms with Crippen LogP contribution >= 0.6 is 0 Å². The number of aliphatic hydroxyl groups is 1. The van der Waals surface area contributed by atoms with Gasteiger partial charge in [0, 0.05) is 55.9 Å². The maximum atomic E-state index is 13.4. The van der Waals surface area contributed by atoms with E-state index in [-0.39, 0.29) is 5.82 Å². The van der Waals surface area contributed by atoms with E-state index in [1.54, 1.807) is 48.7 Å². The summed E-state index contributed by atoms with van der Waals surface area (Å²) in [5.74, 6) is 1.22. The zero-order valence-electron chi connectivity index (χ0n) is 22.4. The number of anilines is 2. The summed E-state index contributed by atoms with van der Waals surface area (Å²) in [5.41, 5.74) is 9.85. The van der Waals surface area contributed by atoms with Crippen molar-refractivity contribution >= 4 is 22.8 Å². The molecular formula is C28H31FN10O. The van der Waals surface area contributed by atoms with Crippen molar-refractivity contribution in [3.05, 3.63) is 78.4 Å². The van der Waals surface area contributed by atoms with Gasteiger partial charge < -0.3 is 25.6 Å². The number of nitrogens with two attached hydrogens (primary N) is 1. The highest BCUT2D eigenvalue weighted by Crippen LogP contribution is 2.30. The number of benzene rings is 1. The number of fused-ring (bicyclic) bond motifs is 1. The minimum Gasteiger partial charge on any atom is -0.391 e. The first-order valence-electron chi connectivity index (χ1n) is 13.2. The van der Waals surface area contributed by atoms with Crippen LogP contribution in [0.2, 0.25) is 0 Å². The maximum absolute atomic E-state index is 13.4. The van der Waals surface area contributed by atoms with Crippen molar-refractivity contribution in [2.24, 2.45) is 5.73 Å². The van der Waals surface area contributed by atoms with Crippen LogP contribution in [-0.4, -0.2) is 72.1 Å². The largest absolute Gasteiger partial charge is 0.391 e. The lowest BCUT2D eigenvalue weighted by Crippen LogP contribution is -2.47. The molecular weight excluding hydrogens is 511 g/mol. The Hall–Kier alpha value is -4.42. The third-order valence-corrected chi connectivity index (χ3v) is 7.34. The van der Waals surface area contributed by atoms with Crippen LogP contribution in [0.1, 0.15) is 25.0 Å². The Kier molecular flexibility index (Phi) is 6.64. The van der Waals surface area contributed by atoms with E-state index in [9.17, 15) is 9.50 Å². The Labute approximate surface area is 230 Å². The summed E-state index contributed by atoms with van der Waals surface area (Å²) in [5, 5.41) is 14.9. The van der Waals surface area contributed by atoms with Gasteiger partial charge in [-0.25, -0.2) is 24.3 Å². The first-order chi connectivity index (χ1) is 19.3. The molecule has 0 amide bonds. The van der Waals surface area contributed by atoms with Crippen molar-refractivity contribution < 1.29 is 9.50 Å². The molecule has 0 spiro atoms. The van der Waals surface area contributed by atoms with Gasteiger partial charge >= 0.3 is 0 Å².